The Morgan fingerprint density at radius 3 is 2.47 bits per heavy atom. The minimum atomic E-state index is -0.285. The summed E-state index contributed by atoms with van der Waals surface area (Å²) < 4.78 is 0. The molecule has 0 N–H and O–H groups in total. The first-order chi connectivity index (χ1) is 8.79. The molecule has 0 bridgehead atoms. The van der Waals surface area contributed by atoms with Gasteiger partial charge in [0.2, 0.25) is 5.91 Å². The molecule has 0 aromatic heterocycles. The Morgan fingerprint density at radius 2 is 1.89 bits per heavy atom. The molecule has 1 aromatic rings. The predicted molar refractivity (Wildman–Crippen MR) is 79.1 cm³/mol. The van der Waals surface area contributed by atoms with Crippen molar-refractivity contribution in [2.24, 2.45) is 5.41 Å². The summed E-state index contributed by atoms with van der Waals surface area (Å²) in [6.45, 7) is 12.0. The normalized spacial score (nSPS) is 15.6. The highest BCUT2D eigenvalue weighted by Crippen LogP contribution is 2.27. The molecule has 1 amide bonds. The molecule has 2 rings (SSSR count). The molecule has 2 nitrogen and oxygen atoms in total. The number of amides is 1. The van der Waals surface area contributed by atoms with Gasteiger partial charge in [0.1, 0.15) is 0 Å². The zero-order chi connectivity index (χ0) is 14.2. The Hall–Kier alpha value is -1.31. The van der Waals surface area contributed by atoms with Gasteiger partial charge in [-0.05, 0) is 29.0 Å². The third kappa shape index (κ3) is 2.99. The molecule has 0 saturated heterocycles. The van der Waals surface area contributed by atoms with Crippen LogP contribution in [0.2, 0.25) is 0 Å². The molecule has 0 radical (unpaired) electrons. The molecule has 0 unspecified atom stereocenters. The fourth-order valence-corrected chi connectivity index (χ4v) is 2.58. The van der Waals surface area contributed by atoms with Crippen molar-refractivity contribution in [1.82, 2.24) is 4.90 Å². The van der Waals surface area contributed by atoms with Crippen LogP contribution in [-0.2, 0) is 17.8 Å². The Kier molecular flexibility index (Phi) is 3.71. The molecule has 1 aliphatic rings. The molecule has 19 heavy (non-hydrogen) atoms. The van der Waals surface area contributed by atoms with Gasteiger partial charge >= 0.3 is 0 Å². The molecule has 104 valence electrons. The van der Waals surface area contributed by atoms with Gasteiger partial charge in [-0.15, -0.1) is 0 Å². The standard InChI is InChI=1S/C17H25NO/c1-12(2)14-7-6-13-8-9-18(11-15(13)10-14)16(19)17(3,4)5/h6-7,10,12H,8-9,11H2,1-5H3. The minimum Gasteiger partial charge on any atom is -0.338 e. The van der Waals surface area contributed by atoms with Crippen LogP contribution in [0.15, 0.2) is 18.2 Å². The zero-order valence-electron chi connectivity index (χ0n) is 12.8. The van der Waals surface area contributed by atoms with Crippen molar-refractivity contribution in [2.45, 2.75) is 53.5 Å². The first-order valence-electron chi connectivity index (χ1n) is 7.20. The molecule has 0 aliphatic carbocycles. The minimum absolute atomic E-state index is 0.258. The second-order valence-corrected chi connectivity index (χ2v) is 6.91. The largest absolute Gasteiger partial charge is 0.338 e. The fraction of sp³-hybridized carbons (Fsp3) is 0.588. The molecule has 0 spiro atoms. The third-order valence-electron chi connectivity index (χ3n) is 3.84. The summed E-state index contributed by atoms with van der Waals surface area (Å²) in [6, 6.07) is 6.75. The molecular weight excluding hydrogens is 234 g/mol. The van der Waals surface area contributed by atoms with E-state index >= 15 is 0 Å². The summed E-state index contributed by atoms with van der Waals surface area (Å²) in [5.74, 6) is 0.798. The van der Waals surface area contributed by atoms with Crippen LogP contribution in [0, 0.1) is 5.41 Å². The van der Waals surface area contributed by atoms with Gasteiger partial charge in [-0.2, -0.15) is 0 Å². The van der Waals surface area contributed by atoms with Crippen LogP contribution in [0.5, 0.6) is 0 Å². The highest BCUT2D eigenvalue weighted by atomic mass is 16.2. The number of carbonyl (C=O) groups is 1. The molecule has 1 aliphatic heterocycles. The van der Waals surface area contributed by atoms with Gasteiger partial charge < -0.3 is 4.90 Å². The second-order valence-electron chi connectivity index (χ2n) is 6.91. The van der Waals surface area contributed by atoms with Gasteiger partial charge in [-0.25, -0.2) is 0 Å². The lowest BCUT2D eigenvalue weighted by Gasteiger charge is -2.34. The van der Waals surface area contributed by atoms with E-state index in [1.807, 2.05) is 25.7 Å². The van der Waals surface area contributed by atoms with Crippen molar-refractivity contribution in [1.29, 1.82) is 0 Å². The maximum Gasteiger partial charge on any atom is 0.228 e. The topological polar surface area (TPSA) is 20.3 Å². The average molecular weight is 259 g/mol. The van der Waals surface area contributed by atoms with E-state index in [4.69, 9.17) is 0 Å². The van der Waals surface area contributed by atoms with E-state index < -0.39 is 0 Å². The van der Waals surface area contributed by atoms with Crippen molar-refractivity contribution in [3.05, 3.63) is 34.9 Å². The lowest BCUT2D eigenvalue weighted by molar-refractivity contribution is -0.140. The molecule has 0 saturated carbocycles. The van der Waals surface area contributed by atoms with Gasteiger partial charge in [0.25, 0.3) is 0 Å². The Morgan fingerprint density at radius 1 is 1.21 bits per heavy atom. The van der Waals surface area contributed by atoms with Crippen LogP contribution in [0.1, 0.15) is 57.2 Å². The van der Waals surface area contributed by atoms with Crippen LogP contribution < -0.4 is 0 Å². The predicted octanol–water partition coefficient (Wildman–Crippen LogP) is 3.74. The van der Waals surface area contributed by atoms with Crippen LogP contribution in [0.4, 0.5) is 0 Å². The van der Waals surface area contributed by atoms with E-state index in [2.05, 4.69) is 32.0 Å². The summed E-state index contributed by atoms with van der Waals surface area (Å²) in [5.41, 5.74) is 3.81. The summed E-state index contributed by atoms with van der Waals surface area (Å²) in [5, 5.41) is 0. The van der Waals surface area contributed by atoms with Crippen molar-refractivity contribution < 1.29 is 4.79 Å². The lowest BCUT2D eigenvalue weighted by atomic mass is 9.90. The second kappa shape index (κ2) is 4.99. The first-order valence-corrected chi connectivity index (χ1v) is 7.20. The molecule has 2 heteroatoms. The number of hydrogen-bond acceptors (Lipinski definition) is 1. The van der Waals surface area contributed by atoms with E-state index in [-0.39, 0.29) is 11.3 Å². The third-order valence-corrected chi connectivity index (χ3v) is 3.84. The maximum atomic E-state index is 12.4. The van der Waals surface area contributed by atoms with E-state index in [0.29, 0.717) is 5.92 Å². The van der Waals surface area contributed by atoms with E-state index in [0.717, 1.165) is 19.5 Å². The molecular formula is C17H25NO. The smallest absolute Gasteiger partial charge is 0.228 e. The van der Waals surface area contributed by atoms with E-state index in [9.17, 15) is 4.79 Å². The molecule has 0 fully saturated rings. The average Bonchev–Trinajstić information content (AvgIpc) is 2.35. The van der Waals surface area contributed by atoms with Gasteiger partial charge in [0.05, 0.1) is 0 Å². The highest BCUT2D eigenvalue weighted by Gasteiger charge is 2.29. The number of hydrogen-bond donors (Lipinski definition) is 0. The quantitative estimate of drug-likeness (QED) is 0.752. The zero-order valence-corrected chi connectivity index (χ0v) is 12.8. The maximum absolute atomic E-state index is 12.4. The van der Waals surface area contributed by atoms with Crippen LogP contribution in [-0.4, -0.2) is 17.4 Å². The van der Waals surface area contributed by atoms with Gasteiger partial charge in [-0.3, -0.25) is 4.79 Å². The number of carbonyl (C=O) groups excluding carboxylic acids is 1. The van der Waals surface area contributed by atoms with Crippen molar-refractivity contribution in [2.75, 3.05) is 6.54 Å². The summed E-state index contributed by atoms with van der Waals surface area (Å²) in [4.78, 5) is 14.4. The monoisotopic (exact) mass is 259 g/mol. The lowest BCUT2D eigenvalue weighted by Crippen LogP contribution is -2.42. The van der Waals surface area contributed by atoms with Gasteiger partial charge in [0, 0.05) is 18.5 Å². The van der Waals surface area contributed by atoms with E-state index in [1.165, 1.54) is 16.7 Å². The number of nitrogens with zero attached hydrogens (tertiary/aromatic N) is 1. The van der Waals surface area contributed by atoms with Crippen LogP contribution >= 0.6 is 0 Å². The first kappa shape index (κ1) is 14.1. The van der Waals surface area contributed by atoms with Crippen LogP contribution in [0.25, 0.3) is 0 Å². The number of rotatable bonds is 1. The molecule has 0 atom stereocenters. The Labute approximate surface area is 116 Å². The SMILES string of the molecule is CC(C)c1ccc2c(c1)CN(C(=O)C(C)(C)C)CC2. The molecule has 1 heterocycles. The Balaban J connectivity index is 2.23. The van der Waals surface area contributed by atoms with Gasteiger partial charge in [-0.1, -0.05) is 52.8 Å². The summed E-state index contributed by atoms with van der Waals surface area (Å²) >= 11 is 0. The highest BCUT2D eigenvalue weighted by molar-refractivity contribution is 5.81. The van der Waals surface area contributed by atoms with Gasteiger partial charge in [0.15, 0.2) is 0 Å². The number of benzene rings is 1. The number of fused-ring (bicyclic) bond motifs is 1. The Bertz CT molecular complexity index is 483. The molecule has 1 aromatic carbocycles. The van der Waals surface area contributed by atoms with Crippen molar-refractivity contribution >= 4 is 5.91 Å². The van der Waals surface area contributed by atoms with E-state index in [1.54, 1.807) is 0 Å². The summed E-state index contributed by atoms with van der Waals surface area (Å²) in [6.07, 6.45) is 0.982. The van der Waals surface area contributed by atoms with Crippen molar-refractivity contribution in [3.8, 4) is 0 Å². The van der Waals surface area contributed by atoms with Crippen LogP contribution in [0.3, 0.4) is 0 Å². The fourth-order valence-electron chi connectivity index (χ4n) is 2.58. The van der Waals surface area contributed by atoms with Crippen molar-refractivity contribution in [3.63, 3.8) is 0 Å². The summed E-state index contributed by atoms with van der Waals surface area (Å²) in [7, 11) is 0.